The average Bonchev–Trinajstić information content (AvgIpc) is 2.31. The lowest BCUT2D eigenvalue weighted by Gasteiger charge is -2.34. The molecule has 1 fully saturated rings. The van der Waals surface area contributed by atoms with Crippen LogP contribution >= 0.6 is 0 Å². The van der Waals surface area contributed by atoms with Gasteiger partial charge < -0.3 is 15.3 Å². The van der Waals surface area contributed by atoms with Gasteiger partial charge in [0, 0.05) is 26.1 Å². The normalized spacial score (nSPS) is 23.2. The van der Waals surface area contributed by atoms with E-state index in [-0.39, 0.29) is 12.5 Å². The van der Waals surface area contributed by atoms with Crippen molar-refractivity contribution in [2.24, 2.45) is 11.8 Å². The summed E-state index contributed by atoms with van der Waals surface area (Å²) in [6, 6.07) is 0.0247. The fourth-order valence-corrected chi connectivity index (χ4v) is 2.71. The van der Waals surface area contributed by atoms with E-state index in [1.165, 1.54) is 6.42 Å². The zero-order valence-electron chi connectivity index (χ0n) is 12.0. The molecule has 0 radical (unpaired) electrons. The molecule has 110 valence electrons. The molecule has 1 saturated heterocycles. The molecule has 0 aromatic rings. The summed E-state index contributed by atoms with van der Waals surface area (Å²) in [7, 11) is 0. The van der Waals surface area contributed by atoms with Gasteiger partial charge in [0.15, 0.2) is 0 Å². The summed E-state index contributed by atoms with van der Waals surface area (Å²) in [6.07, 6.45) is 3.79. The maximum absolute atomic E-state index is 12.0. The van der Waals surface area contributed by atoms with Crippen molar-refractivity contribution in [2.75, 3.05) is 19.6 Å². The molecule has 1 heterocycles. The van der Waals surface area contributed by atoms with Crippen molar-refractivity contribution in [1.82, 2.24) is 10.2 Å². The highest BCUT2D eigenvalue weighted by Gasteiger charge is 2.24. The number of carbonyl (C=O) groups excluding carboxylic acids is 1. The predicted molar refractivity (Wildman–Crippen MR) is 74.0 cm³/mol. The molecule has 1 rings (SSSR count). The number of nitrogens with one attached hydrogen (secondary N) is 1. The van der Waals surface area contributed by atoms with Gasteiger partial charge in [0.25, 0.3) is 0 Å². The monoisotopic (exact) mass is 270 g/mol. The highest BCUT2D eigenvalue weighted by molar-refractivity contribution is 5.74. The van der Waals surface area contributed by atoms with Crippen LogP contribution in [-0.4, -0.2) is 41.6 Å². The van der Waals surface area contributed by atoms with Gasteiger partial charge in [-0.2, -0.15) is 0 Å². The van der Waals surface area contributed by atoms with Crippen LogP contribution in [0.4, 0.5) is 4.79 Å². The van der Waals surface area contributed by atoms with E-state index in [0.717, 1.165) is 25.9 Å². The number of urea groups is 1. The molecule has 5 nitrogen and oxygen atoms in total. The molecule has 1 aliphatic rings. The minimum Gasteiger partial charge on any atom is -0.481 e. The Morgan fingerprint density at radius 3 is 2.37 bits per heavy atom. The van der Waals surface area contributed by atoms with E-state index in [0.29, 0.717) is 24.8 Å². The quantitative estimate of drug-likeness (QED) is 0.728. The van der Waals surface area contributed by atoms with E-state index in [2.05, 4.69) is 19.2 Å². The third-order valence-corrected chi connectivity index (χ3v) is 3.50. The van der Waals surface area contributed by atoms with Crippen LogP contribution in [-0.2, 0) is 4.79 Å². The first-order chi connectivity index (χ1) is 8.99. The van der Waals surface area contributed by atoms with Gasteiger partial charge in [0.2, 0.25) is 0 Å². The maximum Gasteiger partial charge on any atom is 0.317 e. The second kappa shape index (κ2) is 8.02. The Morgan fingerprint density at radius 1 is 1.16 bits per heavy atom. The van der Waals surface area contributed by atoms with Crippen LogP contribution in [0.5, 0.6) is 0 Å². The molecule has 0 aromatic carbocycles. The molecule has 2 amide bonds. The number of hydrogen-bond acceptors (Lipinski definition) is 2. The Balaban J connectivity index is 2.12. The third-order valence-electron chi connectivity index (χ3n) is 3.50. The highest BCUT2D eigenvalue weighted by Crippen LogP contribution is 2.20. The molecular weight excluding hydrogens is 244 g/mol. The van der Waals surface area contributed by atoms with Gasteiger partial charge in [-0.15, -0.1) is 0 Å². The lowest BCUT2D eigenvalue weighted by atomic mass is 9.92. The first-order valence-corrected chi connectivity index (χ1v) is 7.23. The number of hydrogen-bond donors (Lipinski definition) is 2. The molecule has 1 aliphatic heterocycles. The van der Waals surface area contributed by atoms with Gasteiger partial charge in [-0.05, 0) is 31.1 Å². The standard InChI is InChI=1S/C14H26N2O3/c1-11-8-12(2)10-16(9-11)14(19)15-7-5-3-4-6-13(17)18/h11-12H,3-10H2,1-2H3,(H,15,19)(H,17,18)/t11-,12-/m1/s1. The van der Waals surface area contributed by atoms with E-state index in [1.807, 2.05) is 4.90 Å². The van der Waals surface area contributed by atoms with Crippen molar-refractivity contribution < 1.29 is 14.7 Å². The van der Waals surface area contributed by atoms with Gasteiger partial charge >= 0.3 is 12.0 Å². The largest absolute Gasteiger partial charge is 0.481 e. The predicted octanol–water partition coefficient (Wildman–Crippen LogP) is 2.32. The Hall–Kier alpha value is -1.26. The van der Waals surface area contributed by atoms with Gasteiger partial charge in [0.05, 0.1) is 0 Å². The number of carbonyl (C=O) groups is 2. The first-order valence-electron chi connectivity index (χ1n) is 7.23. The Kier molecular flexibility index (Phi) is 6.67. The van der Waals surface area contributed by atoms with Crippen LogP contribution in [0.2, 0.25) is 0 Å². The Morgan fingerprint density at radius 2 is 1.79 bits per heavy atom. The van der Waals surface area contributed by atoms with E-state index in [9.17, 15) is 9.59 Å². The lowest BCUT2D eigenvalue weighted by molar-refractivity contribution is -0.137. The molecule has 5 heteroatoms. The molecule has 0 bridgehead atoms. The van der Waals surface area contributed by atoms with Crippen molar-refractivity contribution in [2.45, 2.75) is 46.0 Å². The SMILES string of the molecule is C[C@@H]1C[C@@H](C)CN(C(=O)NCCCCCC(=O)O)C1. The van der Waals surface area contributed by atoms with Gasteiger partial charge in [0.1, 0.15) is 0 Å². The van der Waals surface area contributed by atoms with Gasteiger partial charge in [-0.1, -0.05) is 20.3 Å². The van der Waals surface area contributed by atoms with Gasteiger partial charge in [-0.3, -0.25) is 4.79 Å². The highest BCUT2D eigenvalue weighted by atomic mass is 16.4. The Labute approximate surface area is 115 Å². The lowest BCUT2D eigenvalue weighted by Crippen LogP contribution is -2.47. The second-order valence-electron chi connectivity index (χ2n) is 5.79. The number of carboxylic acids is 1. The van der Waals surface area contributed by atoms with Crippen LogP contribution in [0.3, 0.4) is 0 Å². The Bertz CT molecular complexity index is 297. The maximum atomic E-state index is 12.0. The molecule has 19 heavy (non-hydrogen) atoms. The number of carboxylic acid groups (broad SMARTS) is 1. The first kappa shape index (κ1) is 15.8. The molecule has 2 N–H and O–H groups in total. The van der Waals surface area contributed by atoms with Crippen molar-refractivity contribution in [3.05, 3.63) is 0 Å². The number of amides is 2. The summed E-state index contributed by atoms with van der Waals surface area (Å²) in [5.41, 5.74) is 0. The minimum atomic E-state index is -0.750. The minimum absolute atomic E-state index is 0.0247. The summed E-state index contributed by atoms with van der Waals surface area (Å²) in [5, 5.41) is 11.4. The average molecular weight is 270 g/mol. The number of likely N-dealkylation sites (tertiary alicyclic amines) is 1. The summed E-state index contributed by atoms with van der Waals surface area (Å²) in [5.74, 6) is 0.399. The molecule has 0 aliphatic carbocycles. The molecule has 0 unspecified atom stereocenters. The van der Waals surface area contributed by atoms with Crippen molar-refractivity contribution in [3.8, 4) is 0 Å². The molecule has 2 atom stereocenters. The van der Waals surface area contributed by atoms with Crippen molar-refractivity contribution >= 4 is 12.0 Å². The van der Waals surface area contributed by atoms with E-state index in [4.69, 9.17) is 5.11 Å². The molecule has 0 spiro atoms. The summed E-state index contributed by atoms with van der Waals surface area (Å²) in [4.78, 5) is 24.2. The number of aliphatic carboxylic acids is 1. The third kappa shape index (κ3) is 6.45. The van der Waals surface area contributed by atoms with Crippen LogP contribution < -0.4 is 5.32 Å². The van der Waals surface area contributed by atoms with Crippen LogP contribution in [0.25, 0.3) is 0 Å². The number of unbranched alkanes of at least 4 members (excludes halogenated alkanes) is 2. The smallest absolute Gasteiger partial charge is 0.317 e. The molecule has 0 saturated carbocycles. The summed E-state index contributed by atoms with van der Waals surface area (Å²) in [6.45, 7) is 6.69. The van der Waals surface area contributed by atoms with Crippen LogP contribution in [0, 0.1) is 11.8 Å². The van der Waals surface area contributed by atoms with Gasteiger partial charge in [-0.25, -0.2) is 4.79 Å². The van der Waals surface area contributed by atoms with Crippen molar-refractivity contribution in [3.63, 3.8) is 0 Å². The fourth-order valence-electron chi connectivity index (χ4n) is 2.71. The zero-order valence-corrected chi connectivity index (χ0v) is 12.0. The molecule has 0 aromatic heterocycles. The van der Waals surface area contributed by atoms with E-state index >= 15 is 0 Å². The topological polar surface area (TPSA) is 69.6 Å². The summed E-state index contributed by atoms with van der Waals surface area (Å²) >= 11 is 0. The number of nitrogens with zero attached hydrogens (tertiary/aromatic N) is 1. The second-order valence-corrected chi connectivity index (χ2v) is 5.79. The van der Waals surface area contributed by atoms with E-state index in [1.54, 1.807) is 0 Å². The number of piperidine rings is 1. The van der Waals surface area contributed by atoms with Crippen LogP contribution in [0.15, 0.2) is 0 Å². The van der Waals surface area contributed by atoms with E-state index < -0.39 is 5.97 Å². The molecular formula is C14H26N2O3. The number of rotatable bonds is 6. The summed E-state index contributed by atoms with van der Waals surface area (Å²) < 4.78 is 0. The fraction of sp³-hybridized carbons (Fsp3) is 0.857. The van der Waals surface area contributed by atoms with Crippen LogP contribution in [0.1, 0.15) is 46.0 Å². The zero-order chi connectivity index (χ0) is 14.3. The van der Waals surface area contributed by atoms with Crippen molar-refractivity contribution in [1.29, 1.82) is 0 Å².